The third kappa shape index (κ3) is 2.93. The molecule has 0 saturated carbocycles. The first-order valence-electron chi connectivity index (χ1n) is 4.46. The van der Waals surface area contributed by atoms with Gasteiger partial charge in [0.05, 0.1) is 5.01 Å². The van der Waals surface area contributed by atoms with E-state index in [0.717, 1.165) is 5.92 Å². The van der Waals surface area contributed by atoms with Crippen molar-refractivity contribution in [1.29, 1.82) is 0 Å². The van der Waals surface area contributed by atoms with Crippen LogP contribution in [0.25, 0.3) is 0 Å². The quantitative estimate of drug-likeness (QED) is 0.822. The van der Waals surface area contributed by atoms with Crippen LogP contribution in [0.4, 0.5) is 0 Å². The highest BCUT2D eigenvalue weighted by Crippen LogP contribution is 2.18. The zero-order valence-electron chi connectivity index (χ0n) is 7.75. The monoisotopic (exact) mass is 218 g/mol. The Hall–Kier alpha value is -0.120. The molecule has 0 aliphatic carbocycles. The fourth-order valence-electron chi connectivity index (χ4n) is 1.63. The molecule has 13 heavy (non-hydrogen) atoms. The molecule has 0 amide bonds. The summed E-state index contributed by atoms with van der Waals surface area (Å²) in [5, 5.41) is 4.68. The minimum atomic E-state index is 0. The predicted molar refractivity (Wildman–Crippen MR) is 58.8 cm³/mol. The van der Waals surface area contributed by atoms with Crippen LogP contribution in [0.5, 0.6) is 0 Å². The van der Waals surface area contributed by atoms with Gasteiger partial charge in [-0.25, -0.2) is 4.98 Å². The molecule has 1 aromatic rings. The molecule has 1 aliphatic heterocycles. The van der Waals surface area contributed by atoms with E-state index in [1.165, 1.54) is 35.8 Å². The summed E-state index contributed by atoms with van der Waals surface area (Å²) in [5.41, 5.74) is 0. The average Bonchev–Trinajstić information content (AvgIpc) is 2.63. The largest absolute Gasteiger partial charge is 0.316 e. The molecule has 1 aliphatic rings. The Kier molecular flexibility index (Phi) is 4.16. The van der Waals surface area contributed by atoms with E-state index in [0.29, 0.717) is 0 Å². The number of aryl methyl sites for hydroxylation is 1. The molecule has 4 heteroatoms. The fraction of sp³-hybridized carbons (Fsp3) is 0.667. The summed E-state index contributed by atoms with van der Waals surface area (Å²) in [6.45, 7) is 4.49. The van der Waals surface area contributed by atoms with Gasteiger partial charge in [-0.2, -0.15) is 0 Å². The molecular weight excluding hydrogens is 204 g/mol. The average molecular weight is 219 g/mol. The molecule has 0 aromatic carbocycles. The summed E-state index contributed by atoms with van der Waals surface area (Å²) in [7, 11) is 0. The lowest BCUT2D eigenvalue weighted by molar-refractivity contribution is 0.578. The molecule has 0 radical (unpaired) electrons. The van der Waals surface area contributed by atoms with Crippen LogP contribution in [0.15, 0.2) is 6.20 Å². The van der Waals surface area contributed by atoms with E-state index in [1.807, 2.05) is 17.5 Å². The van der Waals surface area contributed by atoms with Crippen molar-refractivity contribution in [3.63, 3.8) is 0 Å². The highest BCUT2D eigenvalue weighted by molar-refractivity contribution is 7.11. The van der Waals surface area contributed by atoms with Crippen molar-refractivity contribution in [2.24, 2.45) is 5.92 Å². The number of hydrogen-bond acceptors (Lipinski definition) is 3. The van der Waals surface area contributed by atoms with Gasteiger partial charge >= 0.3 is 0 Å². The third-order valence-electron chi connectivity index (χ3n) is 2.29. The summed E-state index contributed by atoms with van der Waals surface area (Å²) in [5.74, 6) is 0.829. The van der Waals surface area contributed by atoms with Gasteiger partial charge in [0, 0.05) is 17.5 Å². The summed E-state index contributed by atoms with van der Waals surface area (Å²) >= 11 is 1.84. The van der Waals surface area contributed by atoms with Gasteiger partial charge in [0.15, 0.2) is 0 Å². The fourth-order valence-corrected chi connectivity index (χ4v) is 2.53. The molecule has 1 N–H and O–H groups in total. The van der Waals surface area contributed by atoms with Crippen LogP contribution < -0.4 is 5.32 Å². The minimum Gasteiger partial charge on any atom is -0.316 e. The zero-order chi connectivity index (χ0) is 8.39. The van der Waals surface area contributed by atoms with E-state index in [1.54, 1.807) is 0 Å². The predicted octanol–water partition coefficient (Wildman–Crippen LogP) is 2.03. The highest BCUT2D eigenvalue weighted by Gasteiger charge is 2.15. The first-order valence-corrected chi connectivity index (χ1v) is 5.28. The minimum absolute atomic E-state index is 0. The van der Waals surface area contributed by atoms with Crippen LogP contribution in [-0.4, -0.2) is 18.1 Å². The molecule has 0 bridgehead atoms. The molecule has 1 fully saturated rings. The third-order valence-corrected chi connectivity index (χ3v) is 3.23. The second kappa shape index (κ2) is 4.94. The number of nitrogens with zero attached hydrogens (tertiary/aromatic N) is 1. The zero-order valence-corrected chi connectivity index (χ0v) is 9.38. The van der Waals surface area contributed by atoms with Gasteiger partial charge in [-0.05, 0) is 32.4 Å². The molecule has 2 nitrogen and oxygen atoms in total. The molecule has 2 rings (SSSR count). The van der Waals surface area contributed by atoms with Crippen LogP contribution in [0.3, 0.4) is 0 Å². The van der Waals surface area contributed by atoms with Crippen molar-refractivity contribution in [2.75, 3.05) is 13.1 Å². The molecule has 2 heterocycles. The highest BCUT2D eigenvalue weighted by atomic mass is 35.5. The Morgan fingerprint density at radius 1 is 1.69 bits per heavy atom. The summed E-state index contributed by atoms with van der Waals surface area (Å²) < 4.78 is 0. The normalized spacial score (nSPS) is 21.5. The Bertz CT molecular complexity index is 256. The number of thiazole rings is 1. The van der Waals surface area contributed by atoms with Crippen molar-refractivity contribution < 1.29 is 0 Å². The van der Waals surface area contributed by atoms with Gasteiger partial charge < -0.3 is 5.32 Å². The maximum Gasteiger partial charge on any atom is 0.0930 e. The second-order valence-electron chi connectivity index (χ2n) is 3.43. The van der Waals surface area contributed by atoms with Gasteiger partial charge in [0.2, 0.25) is 0 Å². The van der Waals surface area contributed by atoms with Crippen LogP contribution in [0.2, 0.25) is 0 Å². The summed E-state index contributed by atoms with van der Waals surface area (Å²) in [6.07, 6.45) is 4.46. The summed E-state index contributed by atoms with van der Waals surface area (Å²) in [4.78, 5) is 5.70. The molecular formula is C9H15ClN2S. The molecule has 1 atom stereocenters. The lowest BCUT2D eigenvalue weighted by Crippen LogP contribution is -2.10. The first kappa shape index (κ1) is 11.0. The Morgan fingerprint density at radius 2 is 2.54 bits per heavy atom. The number of hydrogen-bond donors (Lipinski definition) is 1. The second-order valence-corrected chi connectivity index (χ2v) is 4.75. The Morgan fingerprint density at radius 3 is 3.08 bits per heavy atom. The Labute approximate surface area is 89.2 Å². The van der Waals surface area contributed by atoms with Gasteiger partial charge in [0.25, 0.3) is 0 Å². The van der Waals surface area contributed by atoms with Crippen molar-refractivity contribution in [1.82, 2.24) is 10.3 Å². The molecule has 1 aromatic heterocycles. The van der Waals surface area contributed by atoms with Gasteiger partial charge in [0.1, 0.15) is 0 Å². The number of aromatic nitrogens is 1. The van der Waals surface area contributed by atoms with Gasteiger partial charge in [-0.3, -0.25) is 0 Å². The van der Waals surface area contributed by atoms with Crippen molar-refractivity contribution in [2.45, 2.75) is 19.8 Å². The number of halogens is 1. The van der Waals surface area contributed by atoms with E-state index in [-0.39, 0.29) is 12.4 Å². The van der Waals surface area contributed by atoms with Crippen LogP contribution in [0, 0.1) is 12.8 Å². The maximum atomic E-state index is 4.37. The van der Waals surface area contributed by atoms with Crippen molar-refractivity contribution >= 4 is 23.7 Å². The van der Waals surface area contributed by atoms with Gasteiger partial charge in [-0.15, -0.1) is 23.7 Å². The van der Waals surface area contributed by atoms with E-state index in [2.05, 4.69) is 17.2 Å². The molecule has 0 spiro atoms. The van der Waals surface area contributed by atoms with E-state index >= 15 is 0 Å². The molecule has 1 saturated heterocycles. The SMILES string of the molecule is Cc1cnc(C[C@@H]2CCNC2)s1.Cl. The lowest BCUT2D eigenvalue weighted by atomic mass is 10.1. The summed E-state index contributed by atoms with van der Waals surface area (Å²) in [6, 6.07) is 0. The van der Waals surface area contributed by atoms with E-state index in [9.17, 15) is 0 Å². The van der Waals surface area contributed by atoms with Crippen molar-refractivity contribution in [3.05, 3.63) is 16.1 Å². The maximum absolute atomic E-state index is 4.37. The topological polar surface area (TPSA) is 24.9 Å². The standard InChI is InChI=1S/C9H14N2S.ClH/c1-7-5-11-9(12-7)4-8-2-3-10-6-8;/h5,8,10H,2-4,6H2,1H3;1H/t8-;/m0./s1. The van der Waals surface area contributed by atoms with Gasteiger partial charge in [-0.1, -0.05) is 0 Å². The first-order chi connectivity index (χ1) is 5.84. The van der Waals surface area contributed by atoms with E-state index < -0.39 is 0 Å². The van der Waals surface area contributed by atoms with Crippen molar-refractivity contribution in [3.8, 4) is 0 Å². The van der Waals surface area contributed by atoms with Crippen LogP contribution in [0.1, 0.15) is 16.3 Å². The smallest absolute Gasteiger partial charge is 0.0930 e. The molecule has 0 unspecified atom stereocenters. The lowest BCUT2D eigenvalue weighted by Gasteiger charge is -2.03. The van der Waals surface area contributed by atoms with Crippen LogP contribution in [-0.2, 0) is 6.42 Å². The Balaban J connectivity index is 0.000000845. The van der Waals surface area contributed by atoms with Crippen LogP contribution >= 0.6 is 23.7 Å². The number of nitrogens with one attached hydrogen (secondary N) is 1. The van der Waals surface area contributed by atoms with E-state index in [4.69, 9.17) is 0 Å². The number of rotatable bonds is 2. The molecule has 74 valence electrons.